The minimum Gasteiger partial charge on any atom is -0.333 e. The molecule has 3 rings (SSSR count). The number of likely N-dealkylation sites (tertiary alicyclic amines) is 1. The molecule has 2 heterocycles. The van der Waals surface area contributed by atoms with Crippen LogP contribution in [0, 0.1) is 5.41 Å². The third-order valence-corrected chi connectivity index (χ3v) is 5.90. The molecule has 1 aromatic rings. The van der Waals surface area contributed by atoms with E-state index in [1.165, 1.54) is 29.5 Å². The fourth-order valence-electron chi connectivity index (χ4n) is 4.08. The summed E-state index contributed by atoms with van der Waals surface area (Å²) >= 11 is 0. The number of fused-ring (bicyclic) bond motifs is 1. The van der Waals surface area contributed by atoms with E-state index >= 15 is 0 Å². The van der Waals surface area contributed by atoms with Gasteiger partial charge in [0, 0.05) is 39.3 Å². The first-order chi connectivity index (χ1) is 12.7. The highest BCUT2D eigenvalue weighted by Gasteiger charge is 2.30. The van der Waals surface area contributed by atoms with Crippen molar-refractivity contribution in [3.8, 4) is 0 Å². The quantitative estimate of drug-likeness (QED) is 0.862. The number of carbonyl (C=O) groups excluding carboxylic acids is 1. The average Bonchev–Trinajstić information content (AvgIpc) is 3.21. The molecular formula is C22H36N4O. The summed E-state index contributed by atoms with van der Waals surface area (Å²) in [4.78, 5) is 19.5. The second-order valence-electron chi connectivity index (χ2n) is 9.51. The first kappa shape index (κ1) is 20.2. The molecule has 0 radical (unpaired) electrons. The van der Waals surface area contributed by atoms with Crippen LogP contribution in [0.2, 0.25) is 0 Å². The molecular weight excluding hydrogens is 336 g/mol. The molecule has 150 valence electrons. The summed E-state index contributed by atoms with van der Waals surface area (Å²) in [6.45, 7) is 12.6. The average molecular weight is 373 g/mol. The van der Waals surface area contributed by atoms with Crippen molar-refractivity contribution in [1.29, 1.82) is 0 Å². The third-order valence-electron chi connectivity index (χ3n) is 5.90. The molecule has 1 atom stereocenters. The normalized spacial score (nSPS) is 19.1. The van der Waals surface area contributed by atoms with E-state index in [1.807, 2.05) is 11.9 Å². The van der Waals surface area contributed by atoms with Gasteiger partial charge in [0.15, 0.2) is 0 Å². The molecule has 0 saturated carbocycles. The Hall–Kier alpha value is -1.59. The van der Waals surface area contributed by atoms with Crippen molar-refractivity contribution in [2.24, 2.45) is 5.41 Å². The van der Waals surface area contributed by atoms with Gasteiger partial charge < -0.3 is 15.1 Å². The summed E-state index contributed by atoms with van der Waals surface area (Å²) in [6, 6.07) is 6.80. The van der Waals surface area contributed by atoms with Crippen LogP contribution in [0.15, 0.2) is 18.2 Å². The molecule has 2 aliphatic rings. The van der Waals surface area contributed by atoms with Crippen molar-refractivity contribution in [3.05, 3.63) is 34.9 Å². The number of hydrogen-bond acceptors (Lipinski definition) is 3. The van der Waals surface area contributed by atoms with Crippen molar-refractivity contribution in [1.82, 2.24) is 20.0 Å². The first-order valence-electron chi connectivity index (χ1n) is 10.3. The molecule has 5 heteroatoms. The van der Waals surface area contributed by atoms with Gasteiger partial charge in [0.25, 0.3) is 0 Å². The van der Waals surface area contributed by atoms with Crippen LogP contribution in [0.4, 0.5) is 4.79 Å². The highest BCUT2D eigenvalue weighted by Crippen LogP contribution is 2.24. The summed E-state index contributed by atoms with van der Waals surface area (Å²) < 4.78 is 0. The van der Waals surface area contributed by atoms with Crippen molar-refractivity contribution in [2.75, 3.05) is 33.7 Å². The van der Waals surface area contributed by atoms with E-state index in [-0.39, 0.29) is 17.5 Å². The van der Waals surface area contributed by atoms with Gasteiger partial charge >= 0.3 is 6.03 Å². The number of nitrogens with zero attached hydrogens (tertiary/aromatic N) is 3. The second-order valence-corrected chi connectivity index (χ2v) is 9.51. The maximum atomic E-state index is 12.9. The summed E-state index contributed by atoms with van der Waals surface area (Å²) in [7, 11) is 4.04. The maximum absolute atomic E-state index is 12.9. The number of nitrogens with one attached hydrogen (secondary N) is 1. The Balaban J connectivity index is 1.59. The zero-order valence-electron chi connectivity index (χ0n) is 17.7. The van der Waals surface area contributed by atoms with E-state index in [1.54, 1.807) is 0 Å². The smallest absolute Gasteiger partial charge is 0.317 e. The molecule has 27 heavy (non-hydrogen) atoms. The monoisotopic (exact) mass is 372 g/mol. The Morgan fingerprint density at radius 2 is 1.85 bits per heavy atom. The maximum Gasteiger partial charge on any atom is 0.317 e. The van der Waals surface area contributed by atoms with Crippen LogP contribution in [-0.2, 0) is 19.6 Å². The number of amides is 2. The zero-order valence-corrected chi connectivity index (χ0v) is 17.7. The number of benzene rings is 1. The van der Waals surface area contributed by atoms with Crippen molar-refractivity contribution < 1.29 is 4.79 Å². The largest absolute Gasteiger partial charge is 0.333 e. The highest BCUT2D eigenvalue weighted by atomic mass is 16.2. The van der Waals surface area contributed by atoms with E-state index in [0.29, 0.717) is 6.54 Å². The van der Waals surface area contributed by atoms with Crippen molar-refractivity contribution in [3.63, 3.8) is 0 Å². The summed E-state index contributed by atoms with van der Waals surface area (Å²) in [5.41, 5.74) is 4.04. The van der Waals surface area contributed by atoms with E-state index in [9.17, 15) is 4.79 Å². The number of rotatable bonds is 5. The Labute approximate surface area is 164 Å². The molecule has 1 N–H and O–H groups in total. The third kappa shape index (κ3) is 5.23. The van der Waals surface area contributed by atoms with Crippen molar-refractivity contribution in [2.45, 2.75) is 59.3 Å². The van der Waals surface area contributed by atoms with E-state index in [2.05, 4.69) is 61.1 Å². The van der Waals surface area contributed by atoms with Crippen LogP contribution in [-0.4, -0.2) is 60.5 Å². The van der Waals surface area contributed by atoms with Crippen LogP contribution in [0.5, 0.6) is 0 Å². The minimum absolute atomic E-state index is 0.0201. The summed E-state index contributed by atoms with van der Waals surface area (Å²) in [6.07, 6.45) is 2.55. The molecule has 1 saturated heterocycles. The van der Waals surface area contributed by atoms with Crippen molar-refractivity contribution >= 4 is 6.03 Å². The predicted octanol–water partition coefficient (Wildman–Crippen LogP) is 3.28. The Kier molecular flexibility index (Phi) is 6.11. The van der Waals surface area contributed by atoms with E-state index in [0.717, 1.165) is 32.7 Å². The Morgan fingerprint density at radius 3 is 2.52 bits per heavy atom. The molecule has 0 unspecified atom stereocenters. The lowest BCUT2D eigenvalue weighted by atomic mass is 9.86. The fraction of sp³-hybridized carbons (Fsp3) is 0.682. The predicted molar refractivity (Wildman–Crippen MR) is 111 cm³/mol. The van der Waals surface area contributed by atoms with Crippen LogP contribution in [0.25, 0.3) is 0 Å². The molecule has 0 aliphatic carbocycles. The molecule has 5 nitrogen and oxygen atoms in total. The van der Waals surface area contributed by atoms with Gasteiger partial charge in [-0.2, -0.15) is 0 Å². The lowest BCUT2D eigenvalue weighted by molar-refractivity contribution is 0.167. The van der Waals surface area contributed by atoms with Crippen LogP contribution in [0.3, 0.4) is 0 Å². The van der Waals surface area contributed by atoms with Crippen LogP contribution >= 0.6 is 0 Å². The summed E-state index contributed by atoms with van der Waals surface area (Å²) in [5, 5.41) is 3.30. The topological polar surface area (TPSA) is 38.8 Å². The van der Waals surface area contributed by atoms with Gasteiger partial charge in [-0.1, -0.05) is 39.0 Å². The van der Waals surface area contributed by atoms with Gasteiger partial charge in [0.05, 0.1) is 0 Å². The molecule has 0 spiro atoms. The molecule has 0 aromatic heterocycles. The van der Waals surface area contributed by atoms with Gasteiger partial charge in [-0.3, -0.25) is 4.90 Å². The van der Waals surface area contributed by atoms with Gasteiger partial charge in [-0.15, -0.1) is 0 Å². The molecule has 2 amide bonds. The molecule has 1 fully saturated rings. The lowest BCUT2D eigenvalue weighted by Crippen LogP contribution is -2.53. The lowest BCUT2D eigenvalue weighted by Gasteiger charge is -2.35. The minimum atomic E-state index is 0.0201. The first-order valence-corrected chi connectivity index (χ1v) is 10.3. The standard InChI is InChI=1S/C22H36N4O/c1-22(2,3)20(16-26-10-6-7-11-26)23-21(27)25(5)13-17-8-9-18-14-24(4)15-19(18)12-17/h8-9,12,20H,6-7,10-11,13-16H2,1-5H3,(H,23,27)/t20-/m0/s1. The summed E-state index contributed by atoms with van der Waals surface area (Å²) in [5.74, 6) is 0. The van der Waals surface area contributed by atoms with E-state index in [4.69, 9.17) is 0 Å². The van der Waals surface area contributed by atoms with Gasteiger partial charge in [0.2, 0.25) is 0 Å². The van der Waals surface area contributed by atoms with E-state index < -0.39 is 0 Å². The van der Waals surface area contributed by atoms with Gasteiger partial charge in [-0.05, 0) is 55.1 Å². The van der Waals surface area contributed by atoms with Gasteiger partial charge in [-0.25, -0.2) is 4.79 Å². The fourth-order valence-corrected chi connectivity index (χ4v) is 4.08. The number of carbonyl (C=O) groups is 1. The molecule has 2 aliphatic heterocycles. The van der Waals surface area contributed by atoms with Gasteiger partial charge in [0.1, 0.15) is 0 Å². The Bertz CT molecular complexity index is 661. The van der Waals surface area contributed by atoms with Crippen LogP contribution < -0.4 is 5.32 Å². The number of hydrogen-bond donors (Lipinski definition) is 1. The zero-order chi connectivity index (χ0) is 19.6. The molecule has 1 aromatic carbocycles. The number of urea groups is 1. The molecule has 0 bridgehead atoms. The SMILES string of the molecule is CN1Cc2ccc(CN(C)C(=O)N[C@@H](CN3CCCC3)C(C)(C)C)cc2C1. The Morgan fingerprint density at radius 1 is 1.19 bits per heavy atom. The van der Waals surface area contributed by atoms with Crippen LogP contribution in [0.1, 0.15) is 50.3 Å². The highest BCUT2D eigenvalue weighted by molar-refractivity contribution is 5.74. The second kappa shape index (κ2) is 8.19.